The van der Waals surface area contributed by atoms with Gasteiger partial charge in [-0.3, -0.25) is 0 Å². The SMILES string of the molecule is NCC(Cc1ccc(Br)cc1)c1ccc(F)cc1. The van der Waals surface area contributed by atoms with Crippen LogP contribution in [0.25, 0.3) is 0 Å². The summed E-state index contributed by atoms with van der Waals surface area (Å²) in [5.41, 5.74) is 8.14. The summed E-state index contributed by atoms with van der Waals surface area (Å²) in [7, 11) is 0. The Morgan fingerprint density at radius 2 is 1.61 bits per heavy atom. The third kappa shape index (κ3) is 3.40. The van der Waals surface area contributed by atoms with Crippen LogP contribution in [0.1, 0.15) is 17.0 Å². The van der Waals surface area contributed by atoms with Crippen LogP contribution >= 0.6 is 15.9 Å². The van der Waals surface area contributed by atoms with Gasteiger partial charge in [-0.2, -0.15) is 0 Å². The van der Waals surface area contributed by atoms with E-state index in [0.717, 1.165) is 16.5 Å². The minimum Gasteiger partial charge on any atom is -0.330 e. The van der Waals surface area contributed by atoms with Crippen molar-refractivity contribution in [1.29, 1.82) is 0 Å². The van der Waals surface area contributed by atoms with Crippen molar-refractivity contribution < 1.29 is 4.39 Å². The molecule has 0 aliphatic rings. The van der Waals surface area contributed by atoms with E-state index in [4.69, 9.17) is 5.73 Å². The zero-order valence-electron chi connectivity index (χ0n) is 9.94. The maximum absolute atomic E-state index is 12.9. The maximum Gasteiger partial charge on any atom is 0.123 e. The lowest BCUT2D eigenvalue weighted by molar-refractivity contribution is 0.623. The number of halogens is 2. The highest BCUT2D eigenvalue weighted by Gasteiger charge is 2.10. The normalized spacial score (nSPS) is 12.4. The standard InChI is InChI=1S/C15H15BrFN/c16-14-5-1-11(2-6-14)9-13(10-18)12-3-7-15(17)8-4-12/h1-8,13H,9-10,18H2. The van der Waals surface area contributed by atoms with Gasteiger partial charge in [-0.05, 0) is 48.4 Å². The average molecular weight is 308 g/mol. The second kappa shape index (κ2) is 6.12. The van der Waals surface area contributed by atoms with E-state index in [2.05, 4.69) is 28.1 Å². The molecule has 0 radical (unpaired) electrons. The van der Waals surface area contributed by atoms with Gasteiger partial charge in [0.05, 0.1) is 0 Å². The second-order valence-electron chi connectivity index (χ2n) is 4.31. The summed E-state index contributed by atoms with van der Waals surface area (Å²) in [4.78, 5) is 0. The first-order chi connectivity index (χ1) is 8.69. The van der Waals surface area contributed by atoms with Gasteiger partial charge in [-0.15, -0.1) is 0 Å². The molecule has 0 heterocycles. The molecule has 0 fully saturated rings. The molecule has 3 heteroatoms. The van der Waals surface area contributed by atoms with Crippen LogP contribution in [-0.4, -0.2) is 6.54 Å². The van der Waals surface area contributed by atoms with Crippen LogP contribution in [0.3, 0.4) is 0 Å². The van der Waals surface area contributed by atoms with Gasteiger partial charge in [0.2, 0.25) is 0 Å². The molecule has 18 heavy (non-hydrogen) atoms. The number of rotatable bonds is 4. The number of benzene rings is 2. The Balaban J connectivity index is 2.14. The fraction of sp³-hybridized carbons (Fsp3) is 0.200. The van der Waals surface area contributed by atoms with Crippen molar-refractivity contribution >= 4 is 15.9 Å². The van der Waals surface area contributed by atoms with Crippen LogP contribution in [0.15, 0.2) is 53.0 Å². The van der Waals surface area contributed by atoms with Crippen LogP contribution in [0.4, 0.5) is 4.39 Å². The van der Waals surface area contributed by atoms with Gasteiger partial charge >= 0.3 is 0 Å². The Kier molecular flexibility index (Phi) is 4.50. The maximum atomic E-state index is 12.9. The van der Waals surface area contributed by atoms with Crippen LogP contribution < -0.4 is 5.73 Å². The van der Waals surface area contributed by atoms with Gasteiger partial charge in [0.1, 0.15) is 5.82 Å². The fourth-order valence-electron chi connectivity index (χ4n) is 1.98. The highest BCUT2D eigenvalue weighted by Crippen LogP contribution is 2.21. The van der Waals surface area contributed by atoms with Crippen molar-refractivity contribution in [3.05, 3.63) is 69.9 Å². The number of nitrogens with two attached hydrogens (primary N) is 1. The topological polar surface area (TPSA) is 26.0 Å². The lowest BCUT2D eigenvalue weighted by Crippen LogP contribution is -2.15. The molecule has 0 aliphatic heterocycles. The Labute approximate surface area is 115 Å². The molecular weight excluding hydrogens is 293 g/mol. The minimum absolute atomic E-state index is 0.210. The van der Waals surface area contributed by atoms with Crippen LogP contribution in [0.5, 0.6) is 0 Å². The molecule has 0 saturated carbocycles. The Morgan fingerprint density at radius 1 is 1.00 bits per heavy atom. The van der Waals surface area contributed by atoms with Crippen molar-refractivity contribution in [1.82, 2.24) is 0 Å². The predicted octanol–water partition coefficient (Wildman–Crippen LogP) is 3.87. The van der Waals surface area contributed by atoms with Gasteiger partial charge in [0, 0.05) is 10.4 Å². The summed E-state index contributed by atoms with van der Waals surface area (Å²) >= 11 is 3.42. The molecule has 0 saturated heterocycles. The van der Waals surface area contributed by atoms with E-state index in [0.29, 0.717) is 6.54 Å². The first-order valence-corrected chi connectivity index (χ1v) is 6.68. The molecule has 0 aromatic heterocycles. The zero-order valence-corrected chi connectivity index (χ0v) is 11.5. The van der Waals surface area contributed by atoms with E-state index >= 15 is 0 Å². The van der Waals surface area contributed by atoms with Gasteiger partial charge in [0.15, 0.2) is 0 Å². The first kappa shape index (κ1) is 13.2. The highest BCUT2D eigenvalue weighted by atomic mass is 79.9. The van der Waals surface area contributed by atoms with Crippen LogP contribution in [0.2, 0.25) is 0 Å². The molecule has 2 N–H and O–H groups in total. The summed E-state index contributed by atoms with van der Waals surface area (Å²) in [6.45, 7) is 0.557. The average Bonchev–Trinajstić information content (AvgIpc) is 2.39. The molecule has 1 atom stereocenters. The number of hydrogen-bond donors (Lipinski definition) is 1. The van der Waals surface area contributed by atoms with Gasteiger partial charge in [-0.25, -0.2) is 4.39 Å². The van der Waals surface area contributed by atoms with E-state index in [9.17, 15) is 4.39 Å². The molecule has 0 spiro atoms. The molecule has 0 amide bonds. The fourth-order valence-corrected chi connectivity index (χ4v) is 2.24. The summed E-state index contributed by atoms with van der Waals surface area (Å²) in [5, 5.41) is 0. The van der Waals surface area contributed by atoms with Crippen LogP contribution in [0, 0.1) is 5.82 Å². The van der Waals surface area contributed by atoms with E-state index in [1.165, 1.54) is 17.7 Å². The lowest BCUT2D eigenvalue weighted by atomic mass is 9.92. The number of hydrogen-bond acceptors (Lipinski definition) is 1. The van der Waals surface area contributed by atoms with E-state index < -0.39 is 0 Å². The molecule has 2 aromatic carbocycles. The summed E-state index contributed by atoms with van der Waals surface area (Å²) < 4.78 is 14.0. The Hall–Kier alpha value is -1.19. The summed E-state index contributed by atoms with van der Waals surface area (Å²) in [5.74, 6) is 0.0185. The largest absolute Gasteiger partial charge is 0.330 e. The van der Waals surface area contributed by atoms with Crippen molar-refractivity contribution in [2.75, 3.05) is 6.54 Å². The monoisotopic (exact) mass is 307 g/mol. The third-order valence-corrected chi connectivity index (χ3v) is 3.55. The minimum atomic E-state index is -0.210. The predicted molar refractivity (Wildman–Crippen MR) is 76.0 cm³/mol. The molecule has 1 unspecified atom stereocenters. The van der Waals surface area contributed by atoms with Gasteiger partial charge < -0.3 is 5.73 Å². The lowest BCUT2D eigenvalue weighted by Gasteiger charge is -2.15. The van der Waals surface area contributed by atoms with Crippen LogP contribution in [-0.2, 0) is 6.42 Å². The molecule has 0 bridgehead atoms. The summed E-state index contributed by atoms with van der Waals surface area (Å²) in [6.07, 6.45) is 0.870. The molecule has 94 valence electrons. The van der Waals surface area contributed by atoms with Crippen molar-refractivity contribution in [3.63, 3.8) is 0 Å². The highest BCUT2D eigenvalue weighted by molar-refractivity contribution is 9.10. The van der Waals surface area contributed by atoms with E-state index in [1.807, 2.05) is 24.3 Å². The van der Waals surface area contributed by atoms with Gasteiger partial charge in [-0.1, -0.05) is 40.2 Å². The zero-order chi connectivity index (χ0) is 13.0. The second-order valence-corrected chi connectivity index (χ2v) is 5.23. The molecule has 1 nitrogen and oxygen atoms in total. The molecule has 0 aliphatic carbocycles. The van der Waals surface area contributed by atoms with Crippen molar-refractivity contribution in [2.24, 2.45) is 5.73 Å². The first-order valence-electron chi connectivity index (χ1n) is 5.89. The Morgan fingerprint density at radius 3 is 2.17 bits per heavy atom. The Bertz CT molecular complexity index is 493. The quantitative estimate of drug-likeness (QED) is 0.911. The smallest absolute Gasteiger partial charge is 0.123 e. The van der Waals surface area contributed by atoms with Crippen molar-refractivity contribution in [2.45, 2.75) is 12.3 Å². The third-order valence-electron chi connectivity index (χ3n) is 3.02. The van der Waals surface area contributed by atoms with E-state index in [1.54, 1.807) is 0 Å². The van der Waals surface area contributed by atoms with E-state index in [-0.39, 0.29) is 11.7 Å². The van der Waals surface area contributed by atoms with Crippen molar-refractivity contribution in [3.8, 4) is 0 Å². The molecule has 2 aromatic rings. The molecular formula is C15H15BrFN. The molecule has 2 rings (SSSR count). The summed E-state index contributed by atoms with van der Waals surface area (Å²) in [6, 6.07) is 14.8. The van der Waals surface area contributed by atoms with Gasteiger partial charge in [0.25, 0.3) is 0 Å².